The molecule has 3 aromatic rings. The molecule has 168 valence electrons. The molecule has 0 unspecified atom stereocenters. The van der Waals surface area contributed by atoms with E-state index in [4.69, 9.17) is 0 Å². The van der Waals surface area contributed by atoms with Crippen molar-refractivity contribution in [2.75, 3.05) is 5.32 Å². The van der Waals surface area contributed by atoms with E-state index in [9.17, 15) is 22.4 Å². The maximum absolute atomic E-state index is 13.7. The number of alkyl halides is 4. The van der Waals surface area contributed by atoms with Crippen molar-refractivity contribution in [2.24, 2.45) is 0 Å². The van der Waals surface area contributed by atoms with Crippen molar-refractivity contribution in [3.05, 3.63) is 71.0 Å². The average Bonchev–Trinajstić information content (AvgIpc) is 3.50. The van der Waals surface area contributed by atoms with E-state index in [-0.39, 0.29) is 22.9 Å². The molecule has 1 heterocycles. The normalized spacial score (nSPS) is 14.0. The molecule has 0 bridgehead atoms. The van der Waals surface area contributed by atoms with Gasteiger partial charge in [0.1, 0.15) is 5.75 Å². The zero-order valence-electron chi connectivity index (χ0n) is 17.4. The molecular formula is C23H21F4N3O2. The first-order chi connectivity index (χ1) is 15.1. The fraction of sp³-hybridized carbons (Fsp3) is 0.304. The summed E-state index contributed by atoms with van der Waals surface area (Å²) >= 11 is 0. The molecule has 1 aliphatic carbocycles. The van der Waals surface area contributed by atoms with Crippen LogP contribution in [0.5, 0.6) is 5.75 Å². The first-order valence-electron chi connectivity index (χ1n) is 10.1. The van der Waals surface area contributed by atoms with Crippen LogP contribution in [0.15, 0.2) is 48.5 Å². The van der Waals surface area contributed by atoms with Gasteiger partial charge in [-0.05, 0) is 56.2 Å². The second kappa shape index (κ2) is 8.29. The summed E-state index contributed by atoms with van der Waals surface area (Å²) < 4.78 is 58.1. The Morgan fingerprint density at radius 2 is 1.88 bits per heavy atom. The van der Waals surface area contributed by atoms with Crippen LogP contribution in [0.4, 0.5) is 23.2 Å². The van der Waals surface area contributed by atoms with Crippen LogP contribution in [-0.2, 0) is 5.92 Å². The first kappa shape index (κ1) is 21.9. The third-order valence-electron chi connectivity index (χ3n) is 5.22. The van der Waals surface area contributed by atoms with Gasteiger partial charge in [0.05, 0.1) is 22.6 Å². The number of halogens is 4. The summed E-state index contributed by atoms with van der Waals surface area (Å²) in [6.45, 7) is -0.427. The number of amides is 1. The van der Waals surface area contributed by atoms with Gasteiger partial charge in [-0.2, -0.15) is 13.9 Å². The summed E-state index contributed by atoms with van der Waals surface area (Å²) in [4.78, 5) is 13.1. The van der Waals surface area contributed by atoms with E-state index in [0.717, 1.165) is 19.8 Å². The zero-order chi connectivity index (χ0) is 23.0. The molecule has 1 fully saturated rings. The van der Waals surface area contributed by atoms with Crippen LogP contribution in [0, 0.1) is 6.92 Å². The number of rotatable bonds is 7. The smallest absolute Gasteiger partial charge is 0.387 e. The van der Waals surface area contributed by atoms with Gasteiger partial charge in [0.25, 0.3) is 11.8 Å². The molecule has 0 aliphatic heterocycles. The molecule has 5 nitrogen and oxygen atoms in total. The number of ether oxygens (including phenoxy) is 1. The number of nitrogens with one attached hydrogen (secondary N) is 1. The van der Waals surface area contributed by atoms with Gasteiger partial charge in [0.2, 0.25) is 0 Å². The van der Waals surface area contributed by atoms with Crippen molar-refractivity contribution in [3.63, 3.8) is 0 Å². The highest BCUT2D eigenvalue weighted by Gasteiger charge is 2.35. The van der Waals surface area contributed by atoms with Crippen LogP contribution in [0.2, 0.25) is 0 Å². The summed E-state index contributed by atoms with van der Waals surface area (Å²) in [5.74, 6) is -3.32. The van der Waals surface area contributed by atoms with E-state index in [0.29, 0.717) is 22.6 Å². The predicted molar refractivity (Wildman–Crippen MR) is 111 cm³/mol. The molecule has 9 heteroatoms. The summed E-state index contributed by atoms with van der Waals surface area (Å²) in [5, 5.41) is 7.20. The van der Waals surface area contributed by atoms with Crippen LogP contribution in [0.25, 0.3) is 5.69 Å². The first-order valence-corrected chi connectivity index (χ1v) is 10.1. The fourth-order valence-electron chi connectivity index (χ4n) is 3.59. The Kier molecular flexibility index (Phi) is 5.66. The van der Waals surface area contributed by atoms with Crippen molar-refractivity contribution in [3.8, 4) is 11.4 Å². The minimum atomic E-state index is -3.03. The highest BCUT2D eigenvalue weighted by Crippen LogP contribution is 2.43. The van der Waals surface area contributed by atoms with Crippen molar-refractivity contribution in [1.82, 2.24) is 9.78 Å². The third-order valence-corrected chi connectivity index (χ3v) is 5.22. The Labute approximate surface area is 182 Å². The lowest BCUT2D eigenvalue weighted by Crippen LogP contribution is -2.16. The van der Waals surface area contributed by atoms with E-state index in [1.807, 2.05) is 0 Å². The second-order valence-electron chi connectivity index (χ2n) is 7.83. The molecule has 1 aliphatic rings. The number of aromatic nitrogens is 2. The lowest BCUT2D eigenvalue weighted by Gasteiger charge is -2.13. The van der Waals surface area contributed by atoms with E-state index >= 15 is 0 Å². The molecule has 1 saturated carbocycles. The summed E-state index contributed by atoms with van der Waals surface area (Å²) in [7, 11) is 0. The van der Waals surface area contributed by atoms with Crippen LogP contribution >= 0.6 is 0 Å². The van der Waals surface area contributed by atoms with E-state index in [1.54, 1.807) is 29.8 Å². The van der Waals surface area contributed by atoms with Gasteiger partial charge in [-0.1, -0.05) is 12.1 Å². The summed E-state index contributed by atoms with van der Waals surface area (Å²) in [6, 6.07) is 11.5. The highest BCUT2D eigenvalue weighted by molar-refractivity contribution is 6.06. The number of carbonyl (C=O) groups is 1. The second-order valence-corrected chi connectivity index (χ2v) is 7.83. The lowest BCUT2D eigenvalue weighted by atomic mass is 10.1. The molecule has 1 N–H and O–H groups in total. The standard InChI is InChI=1S/C23H21F4N3O2/c1-13-19(21(31)28-16-5-3-4-15(12-16)23(2,26)27)20(14-6-7-14)30(29-13)17-8-10-18(11-9-17)32-22(24)25/h3-5,8-12,14,22H,6-7H2,1-2H3,(H,28,31). The molecular weight excluding hydrogens is 426 g/mol. The number of anilines is 1. The van der Waals surface area contributed by atoms with Gasteiger partial charge in [0.15, 0.2) is 0 Å². The minimum absolute atomic E-state index is 0.0196. The Bertz CT molecular complexity index is 1130. The highest BCUT2D eigenvalue weighted by atomic mass is 19.3. The topological polar surface area (TPSA) is 56.2 Å². The van der Waals surface area contributed by atoms with E-state index < -0.39 is 18.4 Å². The number of benzene rings is 2. The van der Waals surface area contributed by atoms with Crippen molar-refractivity contribution in [1.29, 1.82) is 0 Å². The fourth-order valence-corrected chi connectivity index (χ4v) is 3.59. The van der Waals surface area contributed by atoms with Gasteiger partial charge in [-0.25, -0.2) is 13.5 Å². The predicted octanol–water partition coefficient (Wildman–Crippen LogP) is 6.02. The van der Waals surface area contributed by atoms with Crippen molar-refractivity contribution in [2.45, 2.75) is 45.1 Å². The maximum atomic E-state index is 13.7. The third kappa shape index (κ3) is 4.61. The number of carbonyl (C=O) groups excluding carboxylic acids is 1. The van der Waals surface area contributed by atoms with Crippen LogP contribution in [-0.4, -0.2) is 22.3 Å². The summed E-state index contributed by atoms with van der Waals surface area (Å²) in [6.07, 6.45) is 1.77. The molecule has 2 aromatic carbocycles. The van der Waals surface area contributed by atoms with Gasteiger partial charge >= 0.3 is 6.61 Å². The summed E-state index contributed by atoms with van der Waals surface area (Å²) in [5.41, 5.74) is 2.24. The van der Waals surface area contributed by atoms with Gasteiger partial charge < -0.3 is 10.1 Å². The number of hydrogen-bond donors (Lipinski definition) is 1. The van der Waals surface area contributed by atoms with Gasteiger partial charge in [-0.15, -0.1) is 0 Å². The quantitative estimate of drug-likeness (QED) is 0.451. The maximum Gasteiger partial charge on any atom is 0.387 e. The molecule has 0 radical (unpaired) electrons. The monoisotopic (exact) mass is 447 g/mol. The number of nitrogens with zero attached hydrogens (tertiary/aromatic N) is 2. The van der Waals surface area contributed by atoms with Crippen LogP contribution in [0.3, 0.4) is 0 Å². The molecule has 4 rings (SSSR count). The Morgan fingerprint density at radius 3 is 2.47 bits per heavy atom. The van der Waals surface area contributed by atoms with Crippen molar-refractivity contribution >= 4 is 11.6 Å². The molecule has 0 spiro atoms. The zero-order valence-corrected chi connectivity index (χ0v) is 17.4. The lowest BCUT2D eigenvalue weighted by molar-refractivity contribution is -0.0498. The van der Waals surface area contributed by atoms with Crippen LogP contribution < -0.4 is 10.1 Å². The van der Waals surface area contributed by atoms with Gasteiger partial charge in [0, 0.05) is 24.1 Å². The molecule has 0 atom stereocenters. The van der Waals surface area contributed by atoms with Gasteiger partial charge in [-0.3, -0.25) is 4.79 Å². The minimum Gasteiger partial charge on any atom is -0.435 e. The molecule has 32 heavy (non-hydrogen) atoms. The van der Waals surface area contributed by atoms with E-state index in [2.05, 4.69) is 15.2 Å². The Balaban J connectivity index is 1.65. The van der Waals surface area contributed by atoms with Crippen molar-refractivity contribution < 1.29 is 27.1 Å². The molecule has 1 amide bonds. The van der Waals surface area contributed by atoms with Crippen LogP contribution in [0.1, 0.15) is 53.0 Å². The molecule has 0 saturated heterocycles. The van der Waals surface area contributed by atoms with E-state index in [1.165, 1.54) is 30.3 Å². The number of hydrogen-bond acceptors (Lipinski definition) is 3. The largest absolute Gasteiger partial charge is 0.435 e. The SMILES string of the molecule is Cc1nn(-c2ccc(OC(F)F)cc2)c(C2CC2)c1C(=O)Nc1cccc(C(C)(F)F)c1. The molecule has 1 aromatic heterocycles. The number of aryl methyl sites for hydroxylation is 1. The Hall–Kier alpha value is -3.36. The Morgan fingerprint density at radius 1 is 1.19 bits per heavy atom. The average molecular weight is 447 g/mol.